The first-order chi connectivity index (χ1) is 12.0. The highest BCUT2D eigenvalue weighted by Crippen LogP contribution is 2.34. The van der Waals surface area contributed by atoms with Crippen LogP contribution < -0.4 is 0 Å². The Labute approximate surface area is 147 Å². The van der Waals surface area contributed by atoms with Gasteiger partial charge in [-0.15, -0.1) is 0 Å². The number of rotatable bonds is 5. The zero-order chi connectivity index (χ0) is 18.4. The van der Waals surface area contributed by atoms with E-state index in [1.807, 2.05) is 12.2 Å². The molecule has 0 amide bonds. The third-order valence-electron chi connectivity index (χ3n) is 4.72. The van der Waals surface area contributed by atoms with Gasteiger partial charge < -0.3 is 19.7 Å². The zero-order valence-corrected chi connectivity index (χ0v) is 14.6. The van der Waals surface area contributed by atoms with Crippen LogP contribution in [0.25, 0.3) is 0 Å². The fraction of sp³-hybridized carbons (Fsp3) is 0.579. The van der Waals surface area contributed by atoms with Crippen LogP contribution in [-0.4, -0.2) is 48.1 Å². The number of aliphatic hydroxyl groups is 2. The SMILES string of the molecule is C=C1C(=O)O[C@H]2C/C(CO)=C\CC/C(COC(=O)C(C)CO)=C/C[C@H]12. The molecule has 2 aliphatic rings. The quantitative estimate of drug-likeness (QED) is 0.445. The average Bonchev–Trinajstić information content (AvgIpc) is 2.88. The standard InChI is InChI=1S/C19H26O6/c1-12(9-20)18(22)24-11-14-4-3-5-15(10-21)8-17-16(7-6-14)13(2)19(23)25-17/h5-6,12,16-17,20-21H,2-4,7-11H2,1H3/b14-6-,15-5+/t12?,16-,17+/m1/s1. The van der Waals surface area contributed by atoms with Gasteiger partial charge in [0, 0.05) is 17.9 Å². The first kappa shape index (κ1) is 19.4. The molecule has 0 spiro atoms. The first-order valence-electron chi connectivity index (χ1n) is 8.60. The summed E-state index contributed by atoms with van der Waals surface area (Å²) < 4.78 is 10.6. The van der Waals surface area contributed by atoms with Crippen LogP contribution in [0.3, 0.4) is 0 Å². The predicted octanol–water partition coefficient (Wildman–Crippen LogP) is 1.67. The Balaban J connectivity index is 2.11. The third kappa shape index (κ3) is 5.03. The molecule has 1 fully saturated rings. The van der Waals surface area contributed by atoms with Crippen LogP contribution in [0.5, 0.6) is 0 Å². The zero-order valence-electron chi connectivity index (χ0n) is 14.6. The number of allylic oxidation sites excluding steroid dienone is 2. The van der Waals surface area contributed by atoms with E-state index >= 15 is 0 Å². The molecule has 1 heterocycles. The molecule has 3 atom stereocenters. The van der Waals surface area contributed by atoms with E-state index in [4.69, 9.17) is 14.6 Å². The van der Waals surface area contributed by atoms with Gasteiger partial charge in [0.2, 0.25) is 0 Å². The number of carbonyl (C=O) groups is 2. The predicted molar refractivity (Wildman–Crippen MR) is 91.4 cm³/mol. The molecular formula is C19H26O6. The van der Waals surface area contributed by atoms with Crippen molar-refractivity contribution in [2.45, 2.75) is 38.7 Å². The van der Waals surface area contributed by atoms with Crippen molar-refractivity contribution in [3.05, 3.63) is 35.5 Å². The van der Waals surface area contributed by atoms with E-state index in [2.05, 4.69) is 6.58 Å². The molecule has 6 heteroatoms. The molecule has 138 valence electrons. The fourth-order valence-corrected chi connectivity index (χ4v) is 2.99. The van der Waals surface area contributed by atoms with Crippen LogP contribution in [0.4, 0.5) is 0 Å². The van der Waals surface area contributed by atoms with Crippen LogP contribution in [-0.2, 0) is 19.1 Å². The van der Waals surface area contributed by atoms with Gasteiger partial charge in [-0.2, -0.15) is 0 Å². The van der Waals surface area contributed by atoms with Crippen molar-refractivity contribution in [3.8, 4) is 0 Å². The Morgan fingerprint density at radius 1 is 1.40 bits per heavy atom. The number of esters is 2. The normalized spacial score (nSPS) is 29.6. The highest BCUT2D eigenvalue weighted by atomic mass is 16.6. The topological polar surface area (TPSA) is 93.1 Å². The van der Waals surface area contributed by atoms with Gasteiger partial charge in [0.05, 0.1) is 19.1 Å². The lowest BCUT2D eigenvalue weighted by Crippen LogP contribution is -2.20. The fourth-order valence-electron chi connectivity index (χ4n) is 2.99. The summed E-state index contributed by atoms with van der Waals surface area (Å²) in [4.78, 5) is 23.6. The number of hydrogen-bond donors (Lipinski definition) is 2. The molecule has 0 bridgehead atoms. The number of fused-ring (bicyclic) bond motifs is 1. The van der Waals surface area contributed by atoms with Crippen molar-refractivity contribution in [1.29, 1.82) is 0 Å². The van der Waals surface area contributed by atoms with Crippen molar-refractivity contribution in [2.75, 3.05) is 19.8 Å². The van der Waals surface area contributed by atoms with E-state index in [0.717, 1.165) is 11.1 Å². The molecule has 1 unspecified atom stereocenters. The van der Waals surface area contributed by atoms with Crippen molar-refractivity contribution in [1.82, 2.24) is 0 Å². The molecule has 1 saturated heterocycles. The van der Waals surface area contributed by atoms with Gasteiger partial charge >= 0.3 is 11.9 Å². The summed E-state index contributed by atoms with van der Waals surface area (Å²) in [6, 6.07) is 0. The van der Waals surface area contributed by atoms with Crippen molar-refractivity contribution in [3.63, 3.8) is 0 Å². The minimum atomic E-state index is -0.550. The monoisotopic (exact) mass is 350 g/mol. The summed E-state index contributed by atoms with van der Waals surface area (Å²) in [5, 5.41) is 18.5. The van der Waals surface area contributed by atoms with Gasteiger partial charge in [0.25, 0.3) is 0 Å². The van der Waals surface area contributed by atoms with Crippen molar-refractivity contribution in [2.24, 2.45) is 11.8 Å². The molecule has 6 nitrogen and oxygen atoms in total. The largest absolute Gasteiger partial charge is 0.461 e. The van der Waals surface area contributed by atoms with E-state index in [0.29, 0.717) is 31.3 Å². The molecule has 0 radical (unpaired) electrons. The molecule has 0 aromatic rings. The third-order valence-corrected chi connectivity index (χ3v) is 4.72. The van der Waals surface area contributed by atoms with E-state index in [9.17, 15) is 14.7 Å². The molecule has 1 aliphatic carbocycles. The molecule has 0 saturated carbocycles. The van der Waals surface area contributed by atoms with Crippen LogP contribution in [0.15, 0.2) is 35.5 Å². The highest BCUT2D eigenvalue weighted by Gasteiger charge is 2.38. The Kier molecular flexibility index (Phi) is 6.96. The molecular weight excluding hydrogens is 324 g/mol. The van der Waals surface area contributed by atoms with Gasteiger partial charge in [0.1, 0.15) is 12.7 Å². The summed E-state index contributed by atoms with van der Waals surface area (Å²) >= 11 is 0. The molecule has 2 N–H and O–H groups in total. The second-order valence-electron chi connectivity index (χ2n) is 6.63. The molecule has 1 aliphatic heterocycles. The number of hydrogen-bond acceptors (Lipinski definition) is 6. The lowest BCUT2D eigenvalue weighted by molar-refractivity contribution is -0.148. The van der Waals surface area contributed by atoms with E-state index in [1.54, 1.807) is 6.92 Å². The van der Waals surface area contributed by atoms with Gasteiger partial charge in [-0.3, -0.25) is 4.79 Å². The van der Waals surface area contributed by atoms with E-state index in [-0.39, 0.29) is 37.8 Å². The van der Waals surface area contributed by atoms with Gasteiger partial charge in [-0.1, -0.05) is 18.7 Å². The minimum Gasteiger partial charge on any atom is -0.461 e. The Morgan fingerprint density at radius 2 is 2.16 bits per heavy atom. The van der Waals surface area contributed by atoms with Gasteiger partial charge in [-0.25, -0.2) is 4.79 Å². The average molecular weight is 350 g/mol. The van der Waals surface area contributed by atoms with Crippen LogP contribution in [0.2, 0.25) is 0 Å². The molecule has 2 rings (SSSR count). The van der Waals surface area contributed by atoms with Gasteiger partial charge in [-0.05, 0) is 37.3 Å². The lowest BCUT2D eigenvalue weighted by Gasteiger charge is -2.20. The number of aliphatic hydroxyl groups excluding tert-OH is 2. The summed E-state index contributed by atoms with van der Waals surface area (Å²) in [7, 11) is 0. The summed E-state index contributed by atoms with van der Waals surface area (Å²) in [6.07, 6.45) is 6.12. The number of carbonyl (C=O) groups excluding carboxylic acids is 2. The second-order valence-corrected chi connectivity index (χ2v) is 6.63. The summed E-state index contributed by atoms with van der Waals surface area (Å²) in [6.45, 7) is 5.28. The highest BCUT2D eigenvalue weighted by molar-refractivity contribution is 5.90. The summed E-state index contributed by atoms with van der Waals surface area (Å²) in [5.41, 5.74) is 2.23. The van der Waals surface area contributed by atoms with Crippen molar-refractivity contribution < 1.29 is 29.3 Å². The van der Waals surface area contributed by atoms with Crippen molar-refractivity contribution >= 4 is 11.9 Å². The maximum atomic E-state index is 11.8. The lowest BCUT2D eigenvalue weighted by atomic mass is 9.87. The molecule has 0 aromatic carbocycles. The van der Waals surface area contributed by atoms with Crippen LogP contribution in [0, 0.1) is 11.8 Å². The Morgan fingerprint density at radius 3 is 2.84 bits per heavy atom. The Bertz CT molecular complexity index is 589. The minimum absolute atomic E-state index is 0.0741. The Hall–Kier alpha value is -1.92. The maximum Gasteiger partial charge on any atom is 0.334 e. The second kappa shape index (κ2) is 8.97. The van der Waals surface area contributed by atoms with Crippen LogP contribution >= 0.6 is 0 Å². The van der Waals surface area contributed by atoms with E-state index < -0.39 is 11.9 Å². The smallest absolute Gasteiger partial charge is 0.334 e. The molecule has 0 aromatic heterocycles. The summed E-state index contributed by atoms with van der Waals surface area (Å²) in [5.74, 6) is -1.51. The number of ether oxygens (including phenoxy) is 2. The first-order valence-corrected chi connectivity index (χ1v) is 8.60. The maximum absolute atomic E-state index is 11.8. The molecule has 25 heavy (non-hydrogen) atoms. The van der Waals surface area contributed by atoms with E-state index in [1.165, 1.54) is 0 Å². The van der Waals surface area contributed by atoms with Crippen LogP contribution in [0.1, 0.15) is 32.6 Å². The van der Waals surface area contributed by atoms with Gasteiger partial charge in [0.15, 0.2) is 0 Å².